The largest absolute Gasteiger partial charge is 0.460 e. The number of ether oxygens (including phenoxy) is 2. The molecule has 0 aliphatic heterocycles. The van der Waals surface area contributed by atoms with E-state index in [4.69, 9.17) is 9.47 Å². The van der Waals surface area contributed by atoms with E-state index in [1.807, 2.05) is 0 Å². The number of amides is 1. The second-order valence-electron chi connectivity index (χ2n) is 4.31. The highest BCUT2D eigenvalue weighted by molar-refractivity contribution is 9.09. The van der Waals surface area contributed by atoms with Crippen molar-refractivity contribution in [2.24, 2.45) is 0 Å². The Morgan fingerprint density at radius 2 is 1.86 bits per heavy atom. The van der Waals surface area contributed by atoms with Crippen molar-refractivity contribution in [3.63, 3.8) is 0 Å². The summed E-state index contributed by atoms with van der Waals surface area (Å²) >= 11 is 3.08. The standard InChI is InChI=1S/C15H16BrNO5/c1-10(2)14(19)21-8-7-17-15(20)22-12-5-3-11(4-6-12)13(18)9-16/h3-6H,1,7-9H2,2H3,(H,17,20). The minimum atomic E-state index is -0.675. The summed E-state index contributed by atoms with van der Waals surface area (Å²) in [4.78, 5) is 34.0. The molecule has 0 spiro atoms. The van der Waals surface area contributed by atoms with Gasteiger partial charge in [-0.05, 0) is 31.2 Å². The third-order valence-corrected chi connectivity index (χ3v) is 2.97. The van der Waals surface area contributed by atoms with Crippen LogP contribution in [0, 0.1) is 0 Å². The molecule has 0 unspecified atom stereocenters. The average molecular weight is 370 g/mol. The second kappa shape index (κ2) is 8.99. The zero-order valence-electron chi connectivity index (χ0n) is 12.1. The van der Waals surface area contributed by atoms with Crippen LogP contribution in [-0.2, 0) is 9.53 Å². The first-order valence-corrected chi connectivity index (χ1v) is 7.53. The van der Waals surface area contributed by atoms with Gasteiger partial charge in [0.25, 0.3) is 0 Å². The Morgan fingerprint density at radius 1 is 1.23 bits per heavy atom. The SMILES string of the molecule is C=C(C)C(=O)OCCNC(=O)Oc1ccc(C(=O)CBr)cc1. The van der Waals surface area contributed by atoms with Crippen LogP contribution in [0.1, 0.15) is 17.3 Å². The fourth-order valence-corrected chi connectivity index (χ4v) is 1.67. The van der Waals surface area contributed by atoms with Crippen molar-refractivity contribution in [1.82, 2.24) is 5.32 Å². The van der Waals surface area contributed by atoms with Gasteiger partial charge in [0.2, 0.25) is 0 Å². The molecule has 0 saturated carbocycles. The topological polar surface area (TPSA) is 81.7 Å². The molecule has 7 heteroatoms. The molecular weight excluding hydrogens is 354 g/mol. The van der Waals surface area contributed by atoms with Crippen molar-refractivity contribution in [3.05, 3.63) is 42.0 Å². The van der Waals surface area contributed by atoms with Gasteiger partial charge in [0.1, 0.15) is 12.4 Å². The molecule has 0 heterocycles. The Kier molecular flexibility index (Phi) is 7.31. The fraction of sp³-hybridized carbons (Fsp3) is 0.267. The van der Waals surface area contributed by atoms with Crippen LogP contribution in [0.25, 0.3) is 0 Å². The van der Waals surface area contributed by atoms with Crippen LogP contribution in [0.5, 0.6) is 5.75 Å². The van der Waals surface area contributed by atoms with Crippen molar-refractivity contribution in [1.29, 1.82) is 0 Å². The summed E-state index contributed by atoms with van der Waals surface area (Å²) in [5, 5.41) is 2.66. The summed E-state index contributed by atoms with van der Waals surface area (Å²) in [6.45, 7) is 5.12. The molecule has 118 valence electrons. The van der Waals surface area contributed by atoms with Gasteiger partial charge in [-0.15, -0.1) is 0 Å². The Balaban J connectivity index is 2.34. The molecule has 0 fully saturated rings. The predicted molar refractivity (Wildman–Crippen MR) is 84.4 cm³/mol. The first kappa shape index (κ1) is 17.9. The quantitative estimate of drug-likeness (QED) is 0.262. The van der Waals surface area contributed by atoms with E-state index >= 15 is 0 Å². The third kappa shape index (κ3) is 6.09. The lowest BCUT2D eigenvalue weighted by Gasteiger charge is -2.07. The lowest BCUT2D eigenvalue weighted by molar-refractivity contribution is -0.138. The van der Waals surface area contributed by atoms with Gasteiger partial charge in [0.05, 0.1) is 11.9 Å². The van der Waals surface area contributed by atoms with Gasteiger partial charge in [0, 0.05) is 11.1 Å². The van der Waals surface area contributed by atoms with Gasteiger partial charge in [-0.1, -0.05) is 22.5 Å². The Morgan fingerprint density at radius 3 is 2.41 bits per heavy atom. The van der Waals surface area contributed by atoms with E-state index in [1.165, 1.54) is 19.1 Å². The summed E-state index contributed by atoms with van der Waals surface area (Å²) in [6, 6.07) is 6.19. The van der Waals surface area contributed by atoms with Crippen molar-refractivity contribution < 1.29 is 23.9 Å². The number of hydrogen-bond acceptors (Lipinski definition) is 5. The molecule has 0 radical (unpaired) electrons. The Hall–Kier alpha value is -2.15. The third-order valence-electron chi connectivity index (χ3n) is 2.46. The van der Waals surface area contributed by atoms with Gasteiger partial charge >= 0.3 is 12.1 Å². The average Bonchev–Trinajstić information content (AvgIpc) is 2.51. The van der Waals surface area contributed by atoms with Crippen LogP contribution in [0.2, 0.25) is 0 Å². The Bertz CT molecular complexity index is 568. The van der Waals surface area contributed by atoms with Crippen molar-refractivity contribution >= 4 is 33.8 Å². The van der Waals surface area contributed by atoms with Gasteiger partial charge < -0.3 is 14.8 Å². The van der Waals surface area contributed by atoms with Gasteiger partial charge in [0.15, 0.2) is 5.78 Å². The molecule has 0 bridgehead atoms. The number of hydrogen-bond donors (Lipinski definition) is 1. The minimum Gasteiger partial charge on any atom is -0.460 e. The molecule has 6 nitrogen and oxygen atoms in total. The smallest absolute Gasteiger partial charge is 0.412 e. The second-order valence-corrected chi connectivity index (χ2v) is 4.87. The van der Waals surface area contributed by atoms with Crippen molar-refractivity contribution in [2.75, 3.05) is 18.5 Å². The maximum atomic E-state index is 11.5. The van der Waals surface area contributed by atoms with Crippen LogP contribution in [0.3, 0.4) is 0 Å². The predicted octanol–water partition coefficient (Wildman–Crippen LogP) is 2.47. The molecule has 1 rings (SSSR count). The highest BCUT2D eigenvalue weighted by Gasteiger charge is 2.07. The molecule has 1 aromatic rings. The molecule has 0 aliphatic rings. The number of carbonyl (C=O) groups excluding carboxylic acids is 3. The maximum absolute atomic E-state index is 11.5. The first-order chi connectivity index (χ1) is 10.4. The lowest BCUT2D eigenvalue weighted by atomic mass is 10.1. The maximum Gasteiger partial charge on any atom is 0.412 e. The first-order valence-electron chi connectivity index (χ1n) is 6.41. The van der Waals surface area contributed by atoms with Crippen LogP contribution >= 0.6 is 15.9 Å². The van der Waals surface area contributed by atoms with Crippen LogP contribution in [-0.4, -0.2) is 36.3 Å². The zero-order chi connectivity index (χ0) is 16.5. The van der Waals surface area contributed by atoms with E-state index in [0.29, 0.717) is 16.9 Å². The fourth-order valence-electron chi connectivity index (χ4n) is 1.35. The number of rotatable bonds is 7. The van der Waals surface area contributed by atoms with Crippen molar-refractivity contribution in [2.45, 2.75) is 6.92 Å². The molecule has 0 saturated heterocycles. The number of carbonyl (C=O) groups is 3. The monoisotopic (exact) mass is 369 g/mol. The van der Waals surface area contributed by atoms with Crippen LogP contribution < -0.4 is 10.1 Å². The number of alkyl halides is 1. The molecule has 1 amide bonds. The summed E-state index contributed by atoms with van der Waals surface area (Å²) < 4.78 is 9.81. The summed E-state index contributed by atoms with van der Waals surface area (Å²) in [5.74, 6) is -0.264. The van der Waals surface area contributed by atoms with E-state index in [1.54, 1.807) is 12.1 Å². The molecule has 22 heavy (non-hydrogen) atoms. The molecule has 0 aromatic heterocycles. The number of Topliss-reactive ketones (excluding diaryl/α,β-unsaturated/α-hetero) is 1. The number of benzene rings is 1. The molecule has 0 atom stereocenters. The van der Waals surface area contributed by atoms with Gasteiger partial charge in [-0.2, -0.15) is 0 Å². The summed E-state index contributed by atoms with van der Waals surface area (Å²) in [7, 11) is 0. The highest BCUT2D eigenvalue weighted by atomic mass is 79.9. The van der Waals surface area contributed by atoms with E-state index in [2.05, 4.69) is 27.8 Å². The van der Waals surface area contributed by atoms with Crippen LogP contribution in [0.4, 0.5) is 4.79 Å². The van der Waals surface area contributed by atoms with Crippen LogP contribution in [0.15, 0.2) is 36.4 Å². The summed E-state index contributed by atoms with van der Waals surface area (Å²) in [6.07, 6.45) is -0.675. The van der Waals surface area contributed by atoms with Gasteiger partial charge in [-0.3, -0.25) is 4.79 Å². The zero-order valence-corrected chi connectivity index (χ0v) is 13.6. The number of halogens is 1. The molecule has 0 aliphatic carbocycles. The normalized spacial score (nSPS) is 9.73. The number of ketones is 1. The molecular formula is C15H16BrNO5. The Labute approximate surface area is 136 Å². The number of nitrogens with one attached hydrogen (secondary N) is 1. The van der Waals surface area contributed by atoms with E-state index in [0.717, 1.165) is 0 Å². The van der Waals surface area contributed by atoms with E-state index in [-0.39, 0.29) is 24.3 Å². The number of esters is 1. The highest BCUT2D eigenvalue weighted by Crippen LogP contribution is 2.13. The van der Waals surface area contributed by atoms with Gasteiger partial charge in [-0.25, -0.2) is 9.59 Å². The van der Waals surface area contributed by atoms with E-state index < -0.39 is 12.1 Å². The van der Waals surface area contributed by atoms with Crippen molar-refractivity contribution in [3.8, 4) is 5.75 Å². The summed E-state index contributed by atoms with van der Waals surface area (Å²) in [5.41, 5.74) is 0.817. The lowest BCUT2D eigenvalue weighted by Crippen LogP contribution is -2.30. The molecule has 1 N–H and O–H groups in total. The van der Waals surface area contributed by atoms with E-state index in [9.17, 15) is 14.4 Å². The molecule has 1 aromatic carbocycles. The minimum absolute atomic E-state index is 0.0273.